The summed E-state index contributed by atoms with van der Waals surface area (Å²) in [6.45, 7) is 4.10. The van der Waals surface area contributed by atoms with E-state index in [1.165, 1.54) is 22.4 Å². The van der Waals surface area contributed by atoms with E-state index in [1.54, 1.807) is 24.3 Å². The van der Waals surface area contributed by atoms with Gasteiger partial charge in [-0.25, -0.2) is 13.8 Å². The molecule has 0 spiro atoms. The van der Waals surface area contributed by atoms with E-state index in [4.69, 9.17) is 0 Å². The van der Waals surface area contributed by atoms with E-state index in [2.05, 4.69) is 18.8 Å². The highest BCUT2D eigenvalue weighted by Gasteiger charge is 2.16. The van der Waals surface area contributed by atoms with E-state index >= 15 is 0 Å². The Balaban J connectivity index is 2.28. The molecule has 1 aromatic heterocycles. The van der Waals surface area contributed by atoms with Gasteiger partial charge in [-0.05, 0) is 30.2 Å². The summed E-state index contributed by atoms with van der Waals surface area (Å²) in [5.74, 6) is -0.368. The number of halogens is 2. The Morgan fingerprint density at radius 2 is 1.92 bits per heavy atom. The van der Waals surface area contributed by atoms with Crippen molar-refractivity contribution in [2.75, 3.05) is 5.75 Å². The lowest BCUT2D eigenvalue weighted by Gasteiger charge is -2.14. The third-order valence-corrected chi connectivity index (χ3v) is 4.81. The van der Waals surface area contributed by atoms with Gasteiger partial charge in [0.05, 0.1) is 16.6 Å². The SMILES string of the molecule is CC(C)CSc1nc2ccccc2c(=O)n1-c1ccc(F)cc1F. The fraction of sp³-hybridized carbons (Fsp3) is 0.222. The number of aromatic nitrogens is 2. The molecular formula is C18H16F2N2OS. The molecule has 0 fully saturated rings. The Bertz CT molecular complexity index is 953. The van der Waals surface area contributed by atoms with Crippen LogP contribution in [0.2, 0.25) is 0 Å². The Kier molecular flexibility index (Phi) is 4.66. The van der Waals surface area contributed by atoms with E-state index in [9.17, 15) is 13.6 Å². The number of hydrogen-bond donors (Lipinski definition) is 0. The molecular weight excluding hydrogens is 330 g/mol. The lowest BCUT2D eigenvalue weighted by Crippen LogP contribution is -2.23. The highest BCUT2D eigenvalue weighted by Crippen LogP contribution is 2.24. The van der Waals surface area contributed by atoms with Gasteiger partial charge in [-0.3, -0.25) is 9.36 Å². The predicted octanol–water partition coefficient (Wildman–Crippen LogP) is 4.41. The Labute approximate surface area is 142 Å². The largest absolute Gasteiger partial charge is 0.268 e. The van der Waals surface area contributed by atoms with Gasteiger partial charge in [0.15, 0.2) is 5.16 Å². The fourth-order valence-corrected chi connectivity index (χ4v) is 3.28. The predicted molar refractivity (Wildman–Crippen MR) is 92.8 cm³/mol. The van der Waals surface area contributed by atoms with Crippen molar-refractivity contribution in [1.82, 2.24) is 9.55 Å². The number of rotatable bonds is 4. The molecule has 3 aromatic rings. The van der Waals surface area contributed by atoms with Crippen molar-refractivity contribution in [1.29, 1.82) is 0 Å². The van der Waals surface area contributed by atoms with Gasteiger partial charge in [0.2, 0.25) is 0 Å². The molecule has 0 bridgehead atoms. The smallest absolute Gasteiger partial charge is 0.266 e. The standard InChI is InChI=1S/C18H16F2N2OS/c1-11(2)10-24-18-21-15-6-4-3-5-13(15)17(23)22(18)16-8-7-12(19)9-14(16)20/h3-9,11H,10H2,1-2H3. The second-order valence-corrected chi connectivity index (χ2v) is 6.84. The van der Waals surface area contributed by atoms with E-state index in [-0.39, 0.29) is 11.2 Å². The molecule has 3 nitrogen and oxygen atoms in total. The highest BCUT2D eigenvalue weighted by atomic mass is 32.2. The molecule has 0 unspecified atom stereocenters. The van der Waals surface area contributed by atoms with Crippen LogP contribution in [0.1, 0.15) is 13.8 Å². The summed E-state index contributed by atoms with van der Waals surface area (Å²) in [5.41, 5.74) is 0.204. The molecule has 0 radical (unpaired) electrons. The third kappa shape index (κ3) is 3.19. The average Bonchev–Trinajstić information content (AvgIpc) is 2.54. The molecule has 0 saturated carbocycles. The van der Waals surface area contributed by atoms with Gasteiger partial charge in [-0.1, -0.05) is 37.7 Å². The first kappa shape index (κ1) is 16.6. The monoisotopic (exact) mass is 346 g/mol. The van der Waals surface area contributed by atoms with Crippen molar-refractivity contribution in [2.24, 2.45) is 5.92 Å². The van der Waals surface area contributed by atoms with Crippen molar-refractivity contribution in [3.8, 4) is 5.69 Å². The highest BCUT2D eigenvalue weighted by molar-refractivity contribution is 7.99. The Hall–Kier alpha value is -2.21. The maximum Gasteiger partial charge on any atom is 0.266 e. The molecule has 1 heterocycles. The summed E-state index contributed by atoms with van der Waals surface area (Å²) in [7, 11) is 0. The number of benzene rings is 2. The summed E-state index contributed by atoms with van der Waals surface area (Å²) in [4.78, 5) is 17.4. The lowest BCUT2D eigenvalue weighted by atomic mass is 10.2. The number of fused-ring (bicyclic) bond motifs is 1. The van der Waals surface area contributed by atoms with Crippen LogP contribution >= 0.6 is 11.8 Å². The third-order valence-electron chi connectivity index (χ3n) is 3.44. The van der Waals surface area contributed by atoms with Crippen LogP contribution in [-0.2, 0) is 0 Å². The molecule has 0 atom stereocenters. The lowest BCUT2D eigenvalue weighted by molar-refractivity contribution is 0.572. The first-order valence-corrected chi connectivity index (χ1v) is 8.56. The van der Waals surface area contributed by atoms with Gasteiger partial charge < -0.3 is 0 Å². The summed E-state index contributed by atoms with van der Waals surface area (Å²) in [6, 6.07) is 10.1. The average molecular weight is 346 g/mol. The zero-order valence-electron chi connectivity index (χ0n) is 13.3. The van der Waals surface area contributed by atoms with Gasteiger partial charge in [0.1, 0.15) is 11.6 Å². The van der Waals surface area contributed by atoms with Crippen molar-refractivity contribution in [3.05, 3.63) is 64.5 Å². The maximum atomic E-state index is 14.3. The first-order chi connectivity index (χ1) is 11.5. The molecule has 0 aliphatic carbocycles. The molecule has 0 saturated heterocycles. The zero-order valence-corrected chi connectivity index (χ0v) is 14.1. The van der Waals surface area contributed by atoms with Gasteiger partial charge in [0, 0.05) is 11.8 Å². The number of thioether (sulfide) groups is 1. The minimum absolute atomic E-state index is 0.00547. The topological polar surface area (TPSA) is 34.9 Å². The van der Waals surface area contributed by atoms with Crippen molar-refractivity contribution >= 4 is 22.7 Å². The molecule has 6 heteroatoms. The Morgan fingerprint density at radius 3 is 2.62 bits per heavy atom. The van der Waals surface area contributed by atoms with E-state index in [1.807, 2.05) is 0 Å². The van der Waals surface area contributed by atoms with Gasteiger partial charge in [-0.2, -0.15) is 0 Å². The summed E-state index contributed by atoms with van der Waals surface area (Å²) >= 11 is 1.38. The summed E-state index contributed by atoms with van der Waals surface area (Å²) in [5, 5.41) is 0.799. The molecule has 124 valence electrons. The first-order valence-electron chi connectivity index (χ1n) is 7.57. The van der Waals surface area contributed by atoms with Crippen LogP contribution in [0.5, 0.6) is 0 Å². The Morgan fingerprint density at radius 1 is 1.17 bits per heavy atom. The maximum absolute atomic E-state index is 14.3. The molecule has 0 aliphatic rings. The van der Waals surface area contributed by atoms with Crippen LogP contribution in [0, 0.1) is 17.6 Å². The number of nitrogens with zero attached hydrogens (tertiary/aromatic N) is 2. The molecule has 24 heavy (non-hydrogen) atoms. The van der Waals surface area contributed by atoms with Gasteiger partial charge in [-0.15, -0.1) is 0 Å². The van der Waals surface area contributed by atoms with Crippen molar-refractivity contribution < 1.29 is 8.78 Å². The van der Waals surface area contributed by atoms with Crippen LogP contribution in [0.25, 0.3) is 16.6 Å². The number of hydrogen-bond acceptors (Lipinski definition) is 3. The minimum Gasteiger partial charge on any atom is -0.268 e. The van der Waals surface area contributed by atoms with Crippen LogP contribution in [-0.4, -0.2) is 15.3 Å². The second kappa shape index (κ2) is 6.73. The number of para-hydroxylation sites is 1. The van der Waals surface area contributed by atoms with Crippen molar-refractivity contribution in [3.63, 3.8) is 0 Å². The quantitative estimate of drug-likeness (QED) is 0.518. The fourth-order valence-electron chi connectivity index (χ4n) is 2.33. The normalized spacial score (nSPS) is 11.4. The molecule has 2 aromatic carbocycles. The molecule has 0 N–H and O–H groups in total. The van der Waals surface area contributed by atoms with Gasteiger partial charge >= 0.3 is 0 Å². The second-order valence-electron chi connectivity index (χ2n) is 5.85. The van der Waals surface area contributed by atoms with Crippen LogP contribution < -0.4 is 5.56 Å². The van der Waals surface area contributed by atoms with E-state index in [0.29, 0.717) is 22.0 Å². The molecule has 0 amide bonds. The van der Waals surface area contributed by atoms with Gasteiger partial charge in [0.25, 0.3) is 5.56 Å². The molecule has 0 aliphatic heterocycles. The van der Waals surface area contributed by atoms with Crippen LogP contribution in [0.3, 0.4) is 0 Å². The van der Waals surface area contributed by atoms with Crippen LogP contribution in [0.15, 0.2) is 52.4 Å². The molecule has 3 rings (SSSR count). The zero-order chi connectivity index (χ0) is 17.3. The van der Waals surface area contributed by atoms with E-state index in [0.717, 1.165) is 17.9 Å². The van der Waals surface area contributed by atoms with E-state index < -0.39 is 11.6 Å². The minimum atomic E-state index is -0.791. The van der Waals surface area contributed by atoms with Crippen LogP contribution in [0.4, 0.5) is 8.78 Å². The van der Waals surface area contributed by atoms with Crippen molar-refractivity contribution in [2.45, 2.75) is 19.0 Å². The summed E-state index contributed by atoms with van der Waals surface area (Å²) < 4.78 is 28.7. The summed E-state index contributed by atoms with van der Waals surface area (Å²) in [6.07, 6.45) is 0.